The summed E-state index contributed by atoms with van der Waals surface area (Å²) < 4.78 is 1.05. The number of thiazole rings is 1. The number of benzene rings is 2. The Labute approximate surface area is 196 Å². The van der Waals surface area contributed by atoms with E-state index in [4.69, 9.17) is 0 Å². The zero-order valence-corrected chi connectivity index (χ0v) is 20.2. The van der Waals surface area contributed by atoms with E-state index in [2.05, 4.69) is 63.4 Å². The molecule has 0 spiro atoms. The van der Waals surface area contributed by atoms with Crippen LogP contribution in [0, 0.1) is 0 Å². The minimum atomic E-state index is 0.646. The van der Waals surface area contributed by atoms with E-state index in [1.54, 1.807) is 0 Å². The van der Waals surface area contributed by atoms with Crippen LogP contribution in [0.3, 0.4) is 0 Å². The SMILES string of the molecule is CCCCc1ccc(N=Nc2cc3sc(N=Nc4ccc(N(C)CC)cc4)nc3s2)cc1. The van der Waals surface area contributed by atoms with Crippen molar-refractivity contribution in [3.8, 4) is 0 Å². The monoisotopic (exact) mass is 462 g/mol. The van der Waals surface area contributed by atoms with E-state index >= 15 is 0 Å². The standard InChI is InChI=1S/C24H26N6S2/c1-4-6-7-17-8-10-18(11-9-17)26-28-22-16-21-23(32-22)25-24(31-21)29-27-19-12-14-20(15-13-19)30(3)5-2/h8-16H,4-7H2,1-3H3. The number of anilines is 1. The molecule has 0 saturated heterocycles. The van der Waals surface area contributed by atoms with E-state index < -0.39 is 0 Å². The van der Waals surface area contributed by atoms with Crippen LogP contribution in [0.15, 0.2) is 75.1 Å². The molecule has 0 radical (unpaired) electrons. The lowest BCUT2D eigenvalue weighted by atomic mass is 10.1. The number of aryl methyl sites for hydroxylation is 1. The average molecular weight is 463 g/mol. The molecule has 0 bridgehead atoms. The van der Waals surface area contributed by atoms with Gasteiger partial charge in [0.2, 0.25) is 5.13 Å². The Morgan fingerprint density at radius 1 is 0.844 bits per heavy atom. The first-order valence-corrected chi connectivity index (χ1v) is 12.4. The quantitative estimate of drug-likeness (QED) is 0.233. The fourth-order valence-corrected chi connectivity index (χ4v) is 4.93. The first kappa shape index (κ1) is 22.2. The van der Waals surface area contributed by atoms with Gasteiger partial charge in [0.15, 0.2) is 0 Å². The molecule has 2 aromatic heterocycles. The minimum absolute atomic E-state index is 0.646. The highest BCUT2D eigenvalue weighted by Gasteiger charge is 2.08. The van der Waals surface area contributed by atoms with Gasteiger partial charge in [-0.3, -0.25) is 0 Å². The summed E-state index contributed by atoms with van der Waals surface area (Å²) in [5.41, 5.74) is 4.18. The van der Waals surface area contributed by atoms with Crippen molar-refractivity contribution >= 4 is 59.4 Å². The molecule has 0 saturated carbocycles. The van der Waals surface area contributed by atoms with Crippen LogP contribution in [0.1, 0.15) is 32.3 Å². The van der Waals surface area contributed by atoms with Crippen molar-refractivity contribution in [2.45, 2.75) is 33.1 Å². The number of aromatic nitrogens is 1. The van der Waals surface area contributed by atoms with Crippen LogP contribution >= 0.6 is 22.7 Å². The summed E-state index contributed by atoms with van der Waals surface area (Å²) in [5, 5.41) is 18.9. The van der Waals surface area contributed by atoms with Crippen LogP contribution < -0.4 is 4.90 Å². The van der Waals surface area contributed by atoms with Crippen molar-refractivity contribution in [1.29, 1.82) is 0 Å². The van der Waals surface area contributed by atoms with Gasteiger partial charge >= 0.3 is 0 Å². The van der Waals surface area contributed by atoms with Crippen molar-refractivity contribution < 1.29 is 0 Å². The molecule has 0 atom stereocenters. The summed E-state index contributed by atoms with van der Waals surface area (Å²) in [6, 6.07) is 18.3. The Hall–Kier alpha value is -2.97. The second-order valence-corrected chi connectivity index (χ2v) is 9.47. The van der Waals surface area contributed by atoms with Crippen LogP contribution in [-0.4, -0.2) is 18.6 Å². The molecule has 0 fully saturated rings. The highest BCUT2D eigenvalue weighted by Crippen LogP contribution is 2.39. The van der Waals surface area contributed by atoms with Gasteiger partial charge in [-0.05, 0) is 67.8 Å². The molecule has 0 amide bonds. The zero-order chi connectivity index (χ0) is 22.3. The van der Waals surface area contributed by atoms with Crippen LogP contribution in [-0.2, 0) is 6.42 Å². The molecule has 6 nitrogen and oxygen atoms in total. The topological polar surface area (TPSA) is 65.6 Å². The Balaban J connectivity index is 1.39. The second kappa shape index (κ2) is 10.6. The Kier molecular flexibility index (Phi) is 7.34. The molecule has 0 unspecified atom stereocenters. The first-order chi connectivity index (χ1) is 15.6. The fourth-order valence-electron chi connectivity index (χ4n) is 3.08. The molecular formula is C24H26N6S2. The van der Waals surface area contributed by atoms with E-state index in [1.165, 1.54) is 41.1 Å². The second-order valence-electron chi connectivity index (χ2n) is 7.45. The molecule has 164 valence electrons. The van der Waals surface area contributed by atoms with Crippen molar-refractivity contribution in [3.05, 3.63) is 60.2 Å². The lowest BCUT2D eigenvalue weighted by Gasteiger charge is -2.16. The average Bonchev–Trinajstić information content (AvgIpc) is 3.39. The fraction of sp³-hybridized carbons (Fsp3) is 0.292. The van der Waals surface area contributed by atoms with Crippen LogP contribution in [0.25, 0.3) is 9.53 Å². The third-order valence-electron chi connectivity index (χ3n) is 5.10. The summed E-state index contributed by atoms with van der Waals surface area (Å²) in [6.07, 6.45) is 3.53. The number of azo groups is 2. The largest absolute Gasteiger partial charge is 0.375 e. The number of unbranched alkanes of at least 4 members (excludes halogenated alkanes) is 1. The van der Waals surface area contributed by atoms with Gasteiger partial charge in [0.25, 0.3) is 0 Å². The molecule has 0 aliphatic rings. The van der Waals surface area contributed by atoms with Crippen molar-refractivity contribution in [2.75, 3.05) is 18.5 Å². The zero-order valence-electron chi connectivity index (χ0n) is 18.5. The maximum atomic E-state index is 4.57. The molecular weight excluding hydrogens is 436 g/mol. The predicted octanol–water partition coefficient (Wildman–Crippen LogP) is 8.99. The van der Waals surface area contributed by atoms with Crippen molar-refractivity contribution in [2.24, 2.45) is 20.5 Å². The van der Waals surface area contributed by atoms with Crippen LogP contribution in [0.5, 0.6) is 0 Å². The molecule has 8 heteroatoms. The summed E-state index contributed by atoms with van der Waals surface area (Å²) in [5.74, 6) is 0. The van der Waals surface area contributed by atoms with Gasteiger partial charge in [0.05, 0.1) is 16.1 Å². The number of nitrogens with zero attached hydrogens (tertiary/aromatic N) is 6. The minimum Gasteiger partial charge on any atom is -0.375 e. The molecule has 2 heterocycles. The van der Waals surface area contributed by atoms with Gasteiger partial charge < -0.3 is 4.90 Å². The lowest BCUT2D eigenvalue weighted by Crippen LogP contribution is -2.15. The third-order valence-corrected chi connectivity index (χ3v) is 7.03. The third kappa shape index (κ3) is 5.63. The molecule has 2 aromatic carbocycles. The Morgan fingerprint density at radius 2 is 1.53 bits per heavy atom. The van der Waals surface area contributed by atoms with E-state index in [1.807, 2.05) is 42.5 Å². The molecule has 0 N–H and O–H groups in total. The highest BCUT2D eigenvalue weighted by atomic mass is 32.1. The number of thiophene rings is 1. The van der Waals surface area contributed by atoms with Crippen LogP contribution in [0.4, 0.5) is 27.2 Å². The number of hydrogen-bond acceptors (Lipinski definition) is 8. The summed E-state index contributed by atoms with van der Waals surface area (Å²) >= 11 is 3.02. The Bertz CT molecular complexity index is 1170. The van der Waals surface area contributed by atoms with Gasteiger partial charge in [-0.2, -0.15) is 0 Å². The molecule has 4 rings (SSSR count). The number of fused-ring (bicyclic) bond motifs is 1. The van der Waals surface area contributed by atoms with Crippen molar-refractivity contribution in [3.63, 3.8) is 0 Å². The van der Waals surface area contributed by atoms with Gasteiger partial charge in [-0.1, -0.05) is 48.2 Å². The lowest BCUT2D eigenvalue weighted by molar-refractivity contribution is 0.795. The number of rotatable bonds is 9. The van der Waals surface area contributed by atoms with E-state index in [-0.39, 0.29) is 0 Å². The molecule has 0 aliphatic heterocycles. The first-order valence-electron chi connectivity index (χ1n) is 10.8. The summed E-state index contributed by atoms with van der Waals surface area (Å²) in [7, 11) is 2.07. The van der Waals surface area contributed by atoms with E-state index in [0.29, 0.717) is 5.13 Å². The normalized spacial score (nSPS) is 11.8. The van der Waals surface area contributed by atoms with Gasteiger partial charge in [-0.15, -0.1) is 20.5 Å². The Morgan fingerprint density at radius 3 is 2.19 bits per heavy atom. The maximum absolute atomic E-state index is 4.57. The summed E-state index contributed by atoms with van der Waals surface area (Å²) in [4.78, 5) is 7.65. The highest BCUT2D eigenvalue weighted by molar-refractivity contribution is 7.30. The van der Waals surface area contributed by atoms with Gasteiger partial charge in [0, 0.05) is 19.3 Å². The van der Waals surface area contributed by atoms with E-state index in [0.717, 1.165) is 44.6 Å². The maximum Gasteiger partial charge on any atom is 0.231 e. The van der Waals surface area contributed by atoms with Crippen LogP contribution in [0.2, 0.25) is 0 Å². The molecule has 0 aliphatic carbocycles. The smallest absolute Gasteiger partial charge is 0.231 e. The van der Waals surface area contributed by atoms with Crippen molar-refractivity contribution in [1.82, 2.24) is 4.98 Å². The molecule has 32 heavy (non-hydrogen) atoms. The van der Waals surface area contributed by atoms with E-state index in [9.17, 15) is 0 Å². The molecule has 4 aromatic rings. The summed E-state index contributed by atoms with van der Waals surface area (Å²) in [6.45, 7) is 5.30. The van der Waals surface area contributed by atoms with Gasteiger partial charge in [0.1, 0.15) is 9.83 Å². The van der Waals surface area contributed by atoms with Gasteiger partial charge in [-0.25, -0.2) is 4.98 Å². The predicted molar refractivity (Wildman–Crippen MR) is 136 cm³/mol. The number of hydrogen-bond donors (Lipinski definition) is 0.